The Hall–Kier alpha value is -0.120. The molecule has 0 aromatic carbocycles. The lowest BCUT2D eigenvalue weighted by atomic mass is 9.59. The first-order chi connectivity index (χ1) is 10.1. The maximum atomic E-state index is 10.1. The Bertz CT molecular complexity index is 427. The van der Waals surface area contributed by atoms with E-state index in [2.05, 4.69) is 27.7 Å². The van der Waals surface area contributed by atoms with Gasteiger partial charge in [-0.15, -0.1) is 0 Å². The van der Waals surface area contributed by atoms with Crippen molar-refractivity contribution in [1.82, 2.24) is 0 Å². The summed E-state index contributed by atoms with van der Waals surface area (Å²) in [5.41, 5.74) is 0.603. The van der Waals surface area contributed by atoms with Crippen molar-refractivity contribution in [2.24, 2.45) is 28.6 Å². The second-order valence-corrected chi connectivity index (χ2v) is 9.70. The molecule has 0 spiro atoms. The predicted molar refractivity (Wildman–Crippen MR) is 87.2 cm³/mol. The van der Waals surface area contributed by atoms with Gasteiger partial charge in [0.25, 0.3) is 6.48 Å². The summed E-state index contributed by atoms with van der Waals surface area (Å²) in [6, 6.07) is 0. The minimum absolute atomic E-state index is 0.0100. The summed E-state index contributed by atoms with van der Waals surface area (Å²) in [6.07, 6.45) is 6.06. The van der Waals surface area contributed by atoms with Crippen LogP contribution in [0.25, 0.3) is 0 Å². The Kier molecular flexibility index (Phi) is 3.95. The minimum atomic E-state index is -1.07. The second kappa shape index (κ2) is 5.19. The van der Waals surface area contributed by atoms with Crippen LogP contribution in [0.4, 0.5) is 0 Å². The van der Waals surface area contributed by atoms with Gasteiger partial charge in [-0.05, 0) is 74.5 Å². The van der Waals surface area contributed by atoms with Crippen molar-refractivity contribution in [2.45, 2.75) is 91.8 Å². The number of hydrogen-bond donors (Lipinski definition) is 1. The summed E-state index contributed by atoms with van der Waals surface area (Å²) < 4.78 is 11.5. The highest BCUT2D eigenvalue weighted by molar-refractivity contribution is 5.17. The highest BCUT2D eigenvalue weighted by atomic mass is 16.8. The topological polar surface area (TPSA) is 38.7 Å². The Labute approximate surface area is 135 Å². The average Bonchev–Trinajstić information content (AvgIpc) is 2.69. The normalized spacial score (nSPS) is 43.1. The van der Waals surface area contributed by atoms with Crippen molar-refractivity contribution in [3.63, 3.8) is 0 Å². The maximum Gasteiger partial charge on any atom is 0.269 e. The van der Waals surface area contributed by atoms with E-state index in [1.165, 1.54) is 12.8 Å². The first-order valence-electron chi connectivity index (χ1n) is 9.08. The van der Waals surface area contributed by atoms with Crippen LogP contribution in [0.5, 0.6) is 0 Å². The molecule has 4 bridgehead atoms. The maximum absolute atomic E-state index is 10.1. The van der Waals surface area contributed by atoms with Crippen LogP contribution in [0, 0.1) is 28.6 Å². The molecule has 4 rings (SSSR count). The van der Waals surface area contributed by atoms with Gasteiger partial charge >= 0.3 is 0 Å². The first-order valence-corrected chi connectivity index (χ1v) is 9.08. The largest absolute Gasteiger partial charge is 0.346 e. The van der Waals surface area contributed by atoms with Crippen molar-refractivity contribution in [3.05, 3.63) is 0 Å². The third-order valence-electron chi connectivity index (χ3n) is 6.93. The van der Waals surface area contributed by atoms with E-state index in [9.17, 15) is 5.11 Å². The van der Waals surface area contributed by atoms with E-state index < -0.39 is 6.48 Å². The van der Waals surface area contributed by atoms with E-state index in [1.54, 1.807) is 0 Å². The van der Waals surface area contributed by atoms with Gasteiger partial charge in [-0.1, -0.05) is 27.7 Å². The Morgan fingerprint density at radius 1 is 1.09 bits per heavy atom. The fourth-order valence-corrected chi connectivity index (χ4v) is 6.04. The lowest BCUT2D eigenvalue weighted by Gasteiger charge is -2.47. The summed E-state index contributed by atoms with van der Waals surface area (Å²) in [6.45, 7) is 12.4. The molecule has 0 aromatic rings. The minimum Gasteiger partial charge on any atom is -0.346 e. The van der Waals surface area contributed by atoms with Gasteiger partial charge in [-0.25, -0.2) is 0 Å². The molecule has 3 nitrogen and oxygen atoms in total. The van der Waals surface area contributed by atoms with Gasteiger partial charge in [-0.2, -0.15) is 0 Å². The summed E-state index contributed by atoms with van der Waals surface area (Å²) in [4.78, 5) is 0. The quantitative estimate of drug-likeness (QED) is 0.768. The molecule has 3 heteroatoms. The lowest BCUT2D eigenvalue weighted by molar-refractivity contribution is -0.325. The van der Waals surface area contributed by atoms with E-state index in [0.717, 1.165) is 31.1 Å². The van der Waals surface area contributed by atoms with E-state index in [0.29, 0.717) is 16.7 Å². The lowest BCUT2D eigenvalue weighted by Crippen LogP contribution is -2.45. The van der Waals surface area contributed by atoms with Crippen molar-refractivity contribution in [2.75, 3.05) is 0 Å². The Morgan fingerprint density at radius 2 is 1.77 bits per heavy atom. The Balaban J connectivity index is 1.79. The number of ether oxygens (including phenoxy) is 2. The number of aliphatic hydroxyl groups excluding tert-OH is 1. The summed E-state index contributed by atoms with van der Waals surface area (Å²) in [5.74, 6) is 2.24. The molecule has 6 atom stereocenters. The molecule has 4 aliphatic rings. The number of rotatable bonds is 5. The number of hydrogen-bond acceptors (Lipinski definition) is 3. The molecule has 128 valence electrons. The van der Waals surface area contributed by atoms with E-state index in [4.69, 9.17) is 9.47 Å². The van der Waals surface area contributed by atoms with E-state index in [-0.39, 0.29) is 11.7 Å². The van der Waals surface area contributed by atoms with Gasteiger partial charge in [0.05, 0.1) is 11.7 Å². The average molecular weight is 310 g/mol. The van der Waals surface area contributed by atoms with Crippen LogP contribution in [0.2, 0.25) is 0 Å². The molecule has 0 aliphatic heterocycles. The molecule has 0 amide bonds. The van der Waals surface area contributed by atoms with Gasteiger partial charge in [0.1, 0.15) is 0 Å². The highest BCUT2D eigenvalue weighted by Gasteiger charge is 2.67. The molecule has 0 heterocycles. The zero-order chi connectivity index (χ0) is 16.3. The molecule has 0 radical (unpaired) electrons. The van der Waals surface area contributed by atoms with E-state index >= 15 is 0 Å². The van der Waals surface area contributed by atoms with Crippen LogP contribution in [0.1, 0.15) is 73.6 Å². The highest BCUT2D eigenvalue weighted by Crippen LogP contribution is 2.72. The monoisotopic (exact) mass is 310 g/mol. The summed E-state index contributed by atoms with van der Waals surface area (Å²) >= 11 is 0. The van der Waals surface area contributed by atoms with Gasteiger partial charge in [-0.3, -0.25) is 0 Å². The predicted octanol–water partition coefficient (Wildman–Crippen LogP) is 4.34. The van der Waals surface area contributed by atoms with Gasteiger partial charge < -0.3 is 14.6 Å². The molecule has 0 aromatic heterocycles. The van der Waals surface area contributed by atoms with Gasteiger partial charge in [0, 0.05) is 0 Å². The van der Waals surface area contributed by atoms with Crippen molar-refractivity contribution >= 4 is 0 Å². The van der Waals surface area contributed by atoms with Gasteiger partial charge in [0.15, 0.2) is 0 Å². The first kappa shape index (κ1) is 16.7. The van der Waals surface area contributed by atoms with Crippen LogP contribution in [0.15, 0.2) is 0 Å². The number of aliphatic hydroxyl groups is 1. The third-order valence-corrected chi connectivity index (χ3v) is 6.93. The molecular formula is C19H34O3. The summed E-state index contributed by atoms with van der Waals surface area (Å²) in [5, 5.41) is 10.1. The molecule has 4 aliphatic carbocycles. The third kappa shape index (κ3) is 2.63. The van der Waals surface area contributed by atoms with Crippen LogP contribution in [0.3, 0.4) is 0 Å². The zero-order valence-electron chi connectivity index (χ0n) is 15.2. The smallest absolute Gasteiger partial charge is 0.269 e. The molecule has 4 saturated carbocycles. The van der Waals surface area contributed by atoms with Crippen LogP contribution in [-0.2, 0) is 9.47 Å². The van der Waals surface area contributed by atoms with Crippen LogP contribution in [-0.4, -0.2) is 23.3 Å². The second-order valence-electron chi connectivity index (χ2n) is 9.70. The zero-order valence-corrected chi connectivity index (χ0v) is 15.2. The molecule has 6 unspecified atom stereocenters. The molecule has 4 fully saturated rings. The fourth-order valence-electron chi connectivity index (χ4n) is 6.04. The Morgan fingerprint density at radius 3 is 2.36 bits per heavy atom. The van der Waals surface area contributed by atoms with Crippen LogP contribution < -0.4 is 0 Å². The summed E-state index contributed by atoms with van der Waals surface area (Å²) in [7, 11) is 0. The molecule has 0 saturated heterocycles. The van der Waals surface area contributed by atoms with Crippen molar-refractivity contribution < 1.29 is 14.6 Å². The van der Waals surface area contributed by atoms with Crippen LogP contribution >= 0.6 is 0 Å². The molecule has 1 N–H and O–H groups in total. The standard InChI is InChI=1S/C19H34O3/c1-12(2)21-16(20)22-18-8-14-7-15(10-18)19(9-14,11-18)13(3)17(4,5)6/h12-16,20H,7-11H2,1-6H3. The van der Waals surface area contributed by atoms with Crippen molar-refractivity contribution in [3.8, 4) is 0 Å². The molecular weight excluding hydrogens is 276 g/mol. The van der Waals surface area contributed by atoms with Crippen molar-refractivity contribution in [1.29, 1.82) is 0 Å². The molecule has 22 heavy (non-hydrogen) atoms. The SMILES string of the molecule is CC(C)OC(O)OC12CC3CC(C1)C(C(C)C(C)(C)C)(C3)C2. The fraction of sp³-hybridized carbons (Fsp3) is 1.00. The van der Waals surface area contributed by atoms with Gasteiger partial charge in [0.2, 0.25) is 0 Å². The van der Waals surface area contributed by atoms with E-state index in [1.807, 2.05) is 13.8 Å².